The Bertz CT molecular complexity index is 661. The van der Waals surface area contributed by atoms with Crippen LogP contribution in [0.2, 0.25) is 0 Å². The molecule has 0 rings (SSSR count). The lowest BCUT2D eigenvalue weighted by molar-refractivity contribution is -0.123. The Labute approximate surface area is 288 Å². The van der Waals surface area contributed by atoms with E-state index in [2.05, 4.69) is 31.3 Å². The van der Waals surface area contributed by atoms with Crippen molar-refractivity contribution in [1.82, 2.24) is 5.32 Å². The Morgan fingerprint density at radius 2 is 0.848 bits per heavy atom. The van der Waals surface area contributed by atoms with E-state index in [4.69, 9.17) is 0 Å². The number of carbonyl (C=O) groups excluding carboxylic acids is 1. The van der Waals surface area contributed by atoms with Crippen molar-refractivity contribution in [1.29, 1.82) is 0 Å². The molecule has 0 aliphatic heterocycles. The minimum Gasteiger partial charge on any atom is -0.394 e. The van der Waals surface area contributed by atoms with E-state index >= 15 is 0 Å². The lowest BCUT2D eigenvalue weighted by Gasteiger charge is -2.19. The molecule has 2 unspecified atom stereocenters. The first-order chi connectivity index (χ1) is 22.7. The Morgan fingerprint density at radius 1 is 0.500 bits per heavy atom. The molecule has 3 N–H and O–H groups in total. The van der Waals surface area contributed by atoms with Crippen molar-refractivity contribution in [3.63, 3.8) is 0 Å². The van der Waals surface area contributed by atoms with E-state index in [9.17, 15) is 15.0 Å². The minimum absolute atomic E-state index is 0.0717. The third kappa shape index (κ3) is 34.2. The molecule has 2 atom stereocenters. The minimum atomic E-state index is -0.856. The highest BCUT2D eigenvalue weighted by Crippen LogP contribution is 2.15. The molecule has 0 aromatic rings. The van der Waals surface area contributed by atoms with Gasteiger partial charge in [0.25, 0.3) is 0 Å². The molecule has 0 saturated carbocycles. The summed E-state index contributed by atoms with van der Waals surface area (Å²) in [5, 5.41) is 22.9. The zero-order chi connectivity index (χ0) is 33.6. The number of aliphatic hydroxyl groups is 2. The molecular formula is C42H81NO3. The quantitative estimate of drug-likeness (QED) is 0.0464. The Morgan fingerprint density at radius 3 is 1.26 bits per heavy atom. The van der Waals surface area contributed by atoms with E-state index in [1.54, 1.807) is 6.08 Å². The number of aliphatic hydroxyl groups excluding tert-OH is 2. The zero-order valence-electron chi connectivity index (χ0n) is 31.1. The summed E-state index contributed by atoms with van der Waals surface area (Å²) in [4.78, 5) is 12.3. The number of hydrogen-bond donors (Lipinski definition) is 3. The summed E-state index contributed by atoms with van der Waals surface area (Å²) >= 11 is 0. The zero-order valence-corrected chi connectivity index (χ0v) is 31.1. The van der Waals surface area contributed by atoms with E-state index in [1.165, 1.54) is 167 Å². The lowest BCUT2D eigenvalue weighted by atomic mass is 10.0. The van der Waals surface area contributed by atoms with Gasteiger partial charge >= 0.3 is 0 Å². The summed E-state index contributed by atoms with van der Waals surface area (Å²) in [7, 11) is 0. The molecule has 0 fully saturated rings. The smallest absolute Gasteiger partial charge is 0.220 e. The van der Waals surface area contributed by atoms with Gasteiger partial charge in [-0.15, -0.1) is 0 Å². The maximum atomic E-state index is 12.3. The topological polar surface area (TPSA) is 69.6 Å². The van der Waals surface area contributed by atoms with Crippen LogP contribution in [0, 0.1) is 0 Å². The summed E-state index contributed by atoms with van der Waals surface area (Å²) in [5.41, 5.74) is 0. The van der Waals surface area contributed by atoms with Gasteiger partial charge < -0.3 is 15.5 Å². The van der Waals surface area contributed by atoms with Crippen LogP contribution >= 0.6 is 0 Å². The van der Waals surface area contributed by atoms with Crippen molar-refractivity contribution in [2.24, 2.45) is 0 Å². The Kier molecular flexibility index (Phi) is 37.4. The van der Waals surface area contributed by atoms with Crippen LogP contribution in [0.3, 0.4) is 0 Å². The second-order valence-electron chi connectivity index (χ2n) is 14.1. The second-order valence-corrected chi connectivity index (χ2v) is 14.1. The lowest BCUT2D eigenvalue weighted by Crippen LogP contribution is -2.45. The van der Waals surface area contributed by atoms with Crippen molar-refractivity contribution in [3.8, 4) is 0 Å². The molecule has 272 valence electrons. The van der Waals surface area contributed by atoms with Crippen LogP contribution < -0.4 is 5.32 Å². The first-order valence-electron chi connectivity index (χ1n) is 20.6. The first-order valence-corrected chi connectivity index (χ1v) is 20.6. The van der Waals surface area contributed by atoms with E-state index in [0.717, 1.165) is 32.1 Å². The average molecular weight is 648 g/mol. The molecule has 0 radical (unpaired) electrons. The van der Waals surface area contributed by atoms with Crippen LogP contribution in [0.15, 0.2) is 24.3 Å². The van der Waals surface area contributed by atoms with Gasteiger partial charge in [-0.1, -0.05) is 205 Å². The third-order valence-corrected chi connectivity index (χ3v) is 9.44. The number of nitrogens with one attached hydrogen (secondary N) is 1. The number of rotatable bonds is 37. The van der Waals surface area contributed by atoms with Crippen molar-refractivity contribution in [2.45, 2.75) is 231 Å². The number of unbranched alkanes of at least 4 members (excludes halogenated alkanes) is 28. The fourth-order valence-corrected chi connectivity index (χ4v) is 6.25. The summed E-state index contributed by atoms with van der Waals surface area (Å²) in [6.07, 6.45) is 48.5. The molecule has 4 nitrogen and oxygen atoms in total. The molecular weight excluding hydrogens is 566 g/mol. The summed E-state index contributed by atoms with van der Waals surface area (Å²) in [6, 6.07) is -0.633. The Balaban J connectivity index is 3.55. The van der Waals surface area contributed by atoms with Crippen LogP contribution in [0.25, 0.3) is 0 Å². The molecule has 0 heterocycles. The van der Waals surface area contributed by atoms with Gasteiger partial charge in [-0.3, -0.25) is 4.79 Å². The van der Waals surface area contributed by atoms with Gasteiger partial charge in [0, 0.05) is 6.42 Å². The molecule has 1 amide bonds. The van der Waals surface area contributed by atoms with Gasteiger partial charge in [0.05, 0.1) is 18.8 Å². The van der Waals surface area contributed by atoms with Crippen molar-refractivity contribution < 1.29 is 15.0 Å². The third-order valence-electron chi connectivity index (χ3n) is 9.44. The van der Waals surface area contributed by atoms with E-state index < -0.39 is 12.1 Å². The van der Waals surface area contributed by atoms with Gasteiger partial charge in [0.2, 0.25) is 5.91 Å². The molecule has 0 aliphatic rings. The van der Waals surface area contributed by atoms with Crippen molar-refractivity contribution >= 4 is 5.91 Å². The highest BCUT2D eigenvalue weighted by atomic mass is 16.3. The molecule has 0 bridgehead atoms. The molecule has 0 aromatic carbocycles. The molecule has 0 aliphatic carbocycles. The van der Waals surface area contributed by atoms with Crippen LogP contribution in [0.4, 0.5) is 0 Å². The van der Waals surface area contributed by atoms with Gasteiger partial charge in [-0.05, 0) is 32.1 Å². The monoisotopic (exact) mass is 648 g/mol. The van der Waals surface area contributed by atoms with Crippen molar-refractivity contribution in [2.75, 3.05) is 6.61 Å². The first kappa shape index (κ1) is 44.9. The second kappa shape index (κ2) is 38.3. The molecule has 0 spiro atoms. The van der Waals surface area contributed by atoms with Gasteiger partial charge in [-0.25, -0.2) is 0 Å². The number of carbonyl (C=O) groups is 1. The highest BCUT2D eigenvalue weighted by molar-refractivity contribution is 5.76. The fraction of sp³-hybridized carbons (Fsp3) is 0.881. The van der Waals surface area contributed by atoms with Crippen LogP contribution in [0.5, 0.6) is 0 Å². The predicted molar refractivity (Wildman–Crippen MR) is 202 cm³/mol. The largest absolute Gasteiger partial charge is 0.394 e. The number of amides is 1. The van der Waals surface area contributed by atoms with Crippen LogP contribution in [-0.4, -0.2) is 34.9 Å². The van der Waals surface area contributed by atoms with Gasteiger partial charge in [-0.2, -0.15) is 0 Å². The maximum Gasteiger partial charge on any atom is 0.220 e. The summed E-state index contributed by atoms with van der Waals surface area (Å²) in [6.45, 7) is 4.29. The Hall–Kier alpha value is -1.13. The van der Waals surface area contributed by atoms with E-state index in [1.807, 2.05) is 6.08 Å². The molecule has 0 saturated heterocycles. The summed E-state index contributed by atoms with van der Waals surface area (Å²) in [5.74, 6) is -0.0717. The van der Waals surface area contributed by atoms with Crippen LogP contribution in [-0.2, 0) is 4.79 Å². The van der Waals surface area contributed by atoms with Gasteiger partial charge in [0.15, 0.2) is 0 Å². The number of allylic oxidation sites excluding steroid dienone is 3. The predicted octanol–water partition coefficient (Wildman–Crippen LogP) is 12.5. The van der Waals surface area contributed by atoms with Crippen LogP contribution in [0.1, 0.15) is 219 Å². The highest BCUT2D eigenvalue weighted by Gasteiger charge is 2.17. The maximum absolute atomic E-state index is 12.3. The molecule has 4 heteroatoms. The van der Waals surface area contributed by atoms with Gasteiger partial charge in [0.1, 0.15) is 0 Å². The number of hydrogen-bond acceptors (Lipinski definition) is 3. The SMILES string of the molecule is CCCCCCCCCC=CCCC=CC(O)C(CO)NC(=O)CCCCCCCCCCCCCCCCCCCCCCC. The average Bonchev–Trinajstić information content (AvgIpc) is 3.06. The van der Waals surface area contributed by atoms with Crippen molar-refractivity contribution in [3.05, 3.63) is 24.3 Å². The summed E-state index contributed by atoms with van der Waals surface area (Å²) < 4.78 is 0. The molecule has 46 heavy (non-hydrogen) atoms. The standard InChI is InChI=1S/C42H81NO3/c1-3-5-7-9-11-13-15-17-18-19-20-21-22-23-24-26-28-30-32-34-36-38-42(46)43-40(39-44)41(45)37-35-33-31-29-27-25-16-14-12-10-8-6-4-2/h27,29,35,37,40-41,44-45H,3-26,28,30-34,36,38-39H2,1-2H3,(H,43,46). The van der Waals surface area contributed by atoms with E-state index in [-0.39, 0.29) is 12.5 Å². The van der Waals surface area contributed by atoms with E-state index in [0.29, 0.717) is 6.42 Å². The molecule has 0 aromatic heterocycles. The fourth-order valence-electron chi connectivity index (χ4n) is 6.25. The normalized spacial score (nSPS) is 13.2.